The van der Waals surface area contributed by atoms with Crippen LogP contribution in [0, 0.1) is 11.6 Å². The number of halogens is 2. The molecule has 0 fully saturated rings. The molecule has 0 amide bonds. The molecule has 0 aliphatic heterocycles. The van der Waals surface area contributed by atoms with Crippen molar-refractivity contribution < 1.29 is 8.78 Å². The van der Waals surface area contributed by atoms with Crippen LogP contribution in [0.25, 0.3) is 39.2 Å². The van der Waals surface area contributed by atoms with E-state index in [9.17, 15) is 8.78 Å². The van der Waals surface area contributed by atoms with E-state index in [2.05, 4.69) is 35.4 Å². The van der Waals surface area contributed by atoms with E-state index in [4.69, 9.17) is 0 Å². The van der Waals surface area contributed by atoms with Crippen LogP contribution in [0.15, 0.2) is 61.3 Å². The number of nitrogens with one attached hydrogen (secondary N) is 2. The second-order valence-electron chi connectivity index (χ2n) is 8.08. The van der Waals surface area contributed by atoms with Gasteiger partial charge in [-0.15, -0.1) is 10.2 Å². The third kappa shape index (κ3) is 4.11. The van der Waals surface area contributed by atoms with Crippen molar-refractivity contribution in [2.45, 2.75) is 0 Å². The summed E-state index contributed by atoms with van der Waals surface area (Å²) in [6.07, 6.45) is 6.64. The van der Waals surface area contributed by atoms with E-state index >= 15 is 0 Å². The number of rotatable bonds is 7. The molecular formula is C24H22F2N8. The van der Waals surface area contributed by atoms with E-state index in [0.29, 0.717) is 17.0 Å². The maximum absolute atomic E-state index is 14.4. The van der Waals surface area contributed by atoms with Crippen molar-refractivity contribution >= 4 is 16.9 Å². The average Bonchev–Trinajstić information content (AvgIpc) is 3.47. The molecule has 4 heterocycles. The quantitative estimate of drug-likeness (QED) is 0.380. The molecule has 0 radical (unpaired) electrons. The van der Waals surface area contributed by atoms with Crippen molar-refractivity contribution in [2.24, 2.45) is 0 Å². The summed E-state index contributed by atoms with van der Waals surface area (Å²) in [5.74, 6) is -0.736. The molecule has 2 N–H and O–H groups in total. The maximum Gasteiger partial charge on any atom is 0.182 e. The lowest BCUT2D eigenvalue weighted by molar-refractivity contribution is 0.425. The van der Waals surface area contributed by atoms with Gasteiger partial charge < -0.3 is 15.2 Å². The molecule has 0 aliphatic rings. The fourth-order valence-electron chi connectivity index (χ4n) is 3.70. The molecule has 0 unspecified atom stereocenters. The molecule has 8 nitrogen and oxygen atoms in total. The van der Waals surface area contributed by atoms with E-state index in [1.165, 1.54) is 23.0 Å². The third-order valence-corrected chi connectivity index (χ3v) is 5.47. The first-order chi connectivity index (χ1) is 16.5. The highest BCUT2D eigenvalue weighted by atomic mass is 19.2. The molecule has 0 aliphatic carbocycles. The molecule has 1 aromatic carbocycles. The van der Waals surface area contributed by atoms with Crippen LogP contribution in [0.1, 0.15) is 0 Å². The Hall–Kier alpha value is -4.18. The first kappa shape index (κ1) is 21.7. The number of hydrogen-bond acceptors (Lipinski definition) is 6. The molecule has 34 heavy (non-hydrogen) atoms. The molecule has 0 bridgehead atoms. The van der Waals surface area contributed by atoms with Crippen LogP contribution in [0.2, 0.25) is 0 Å². The normalized spacial score (nSPS) is 11.4. The number of hydrogen-bond donors (Lipinski definition) is 2. The van der Waals surface area contributed by atoms with Crippen LogP contribution < -0.4 is 5.32 Å². The van der Waals surface area contributed by atoms with Crippen molar-refractivity contribution in [1.82, 2.24) is 34.6 Å². The van der Waals surface area contributed by atoms with Gasteiger partial charge in [-0.25, -0.2) is 18.7 Å². The minimum absolute atomic E-state index is 0.0278. The maximum atomic E-state index is 14.4. The number of likely N-dealkylation sites (N-methyl/N-ethyl adjacent to an activating group) is 1. The van der Waals surface area contributed by atoms with E-state index < -0.39 is 11.6 Å². The summed E-state index contributed by atoms with van der Waals surface area (Å²) in [5, 5.41) is 12.2. The van der Waals surface area contributed by atoms with Gasteiger partial charge in [0.1, 0.15) is 17.8 Å². The number of pyridine rings is 2. The molecule has 0 saturated heterocycles. The van der Waals surface area contributed by atoms with E-state index in [1.54, 1.807) is 18.6 Å². The van der Waals surface area contributed by atoms with Gasteiger partial charge in [0, 0.05) is 53.8 Å². The number of anilines is 1. The number of H-pyrrole nitrogens is 1. The van der Waals surface area contributed by atoms with Crippen molar-refractivity contribution in [3.05, 3.63) is 73.0 Å². The first-order valence-electron chi connectivity index (χ1n) is 10.7. The fraction of sp³-hybridized carbons (Fsp3) is 0.167. The molecule has 10 heteroatoms. The summed E-state index contributed by atoms with van der Waals surface area (Å²) < 4.78 is 29.7. The van der Waals surface area contributed by atoms with Crippen LogP contribution in [-0.2, 0) is 0 Å². The highest BCUT2D eigenvalue weighted by Crippen LogP contribution is 2.31. The van der Waals surface area contributed by atoms with E-state index in [1.807, 2.05) is 32.3 Å². The Morgan fingerprint density at radius 1 is 1.06 bits per heavy atom. The van der Waals surface area contributed by atoms with Gasteiger partial charge in [0.2, 0.25) is 0 Å². The van der Waals surface area contributed by atoms with E-state index in [-0.39, 0.29) is 5.69 Å². The van der Waals surface area contributed by atoms with Gasteiger partial charge in [-0.3, -0.25) is 4.57 Å². The monoisotopic (exact) mass is 460 g/mol. The summed E-state index contributed by atoms with van der Waals surface area (Å²) >= 11 is 0. The molecule has 172 valence electrons. The lowest BCUT2D eigenvalue weighted by Gasteiger charge is -2.11. The first-order valence-corrected chi connectivity index (χ1v) is 10.7. The summed E-state index contributed by atoms with van der Waals surface area (Å²) in [5.41, 5.74) is 3.10. The van der Waals surface area contributed by atoms with Gasteiger partial charge in [-0.05, 0) is 44.4 Å². The molecule has 5 rings (SSSR count). The zero-order valence-electron chi connectivity index (χ0n) is 18.6. The Labute approximate surface area is 194 Å². The number of aromatic nitrogens is 6. The standard InChI is InChI=1S/C24H22F2N8/c1-33(2)9-8-27-21-7-6-15(11-28-21)16-10-17-18(13-30-23(17)29-12-16)24-32-31-14-34(24)20-5-3-4-19(25)22(20)26/h3-7,10-14H,8-9H2,1-2H3,(H,27,28)(H,29,30). The van der Waals surface area contributed by atoms with Gasteiger partial charge in [-0.2, -0.15) is 0 Å². The van der Waals surface area contributed by atoms with Crippen molar-refractivity contribution in [1.29, 1.82) is 0 Å². The van der Waals surface area contributed by atoms with E-state index in [0.717, 1.165) is 41.5 Å². The molecule has 5 aromatic rings. The molecule has 4 aromatic heterocycles. The van der Waals surface area contributed by atoms with Crippen molar-refractivity contribution in [3.8, 4) is 28.2 Å². The second-order valence-corrected chi connectivity index (χ2v) is 8.08. The highest BCUT2D eigenvalue weighted by Gasteiger charge is 2.18. The van der Waals surface area contributed by atoms with Crippen LogP contribution >= 0.6 is 0 Å². The number of fused-ring (bicyclic) bond motifs is 1. The van der Waals surface area contributed by atoms with Gasteiger partial charge >= 0.3 is 0 Å². The van der Waals surface area contributed by atoms with Gasteiger partial charge in [0.25, 0.3) is 0 Å². The molecular weight excluding hydrogens is 438 g/mol. The SMILES string of the molecule is CN(C)CCNc1ccc(-c2cnc3[nH]cc(-c4nncn4-c4cccc(F)c4F)c3c2)cn1. The minimum atomic E-state index is -0.965. The highest BCUT2D eigenvalue weighted by molar-refractivity contribution is 5.94. The lowest BCUT2D eigenvalue weighted by Crippen LogP contribution is -2.21. The number of aromatic amines is 1. The Balaban J connectivity index is 1.49. The van der Waals surface area contributed by atoms with Crippen LogP contribution in [0.4, 0.5) is 14.6 Å². The second kappa shape index (κ2) is 8.99. The van der Waals surface area contributed by atoms with Crippen LogP contribution in [-0.4, -0.2) is 61.8 Å². The summed E-state index contributed by atoms with van der Waals surface area (Å²) in [6.45, 7) is 1.70. The predicted octanol–water partition coefficient (Wildman–Crippen LogP) is 4.12. The Bertz CT molecular complexity index is 1440. The fourth-order valence-corrected chi connectivity index (χ4v) is 3.70. The van der Waals surface area contributed by atoms with Crippen molar-refractivity contribution in [2.75, 3.05) is 32.5 Å². The smallest absolute Gasteiger partial charge is 0.182 e. The molecule has 0 atom stereocenters. The Morgan fingerprint density at radius 2 is 1.91 bits per heavy atom. The third-order valence-electron chi connectivity index (χ3n) is 5.47. The zero-order chi connectivity index (χ0) is 23.7. The molecule has 0 saturated carbocycles. The number of benzene rings is 1. The Morgan fingerprint density at radius 3 is 2.71 bits per heavy atom. The summed E-state index contributed by atoms with van der Waals surface area (Å²) in [4.78, 5) is 14.2. The topological polar surface area (TPSA) is 87.5 Å². The summed E-state index contributed by atoms with van der Waals surface area (Å²) in [7, 11) is 4.04. The minimum Gasteiger partial charge on any atom is -0.369 e. The van der Waals surface area contributed by atoms with Gasteiger partial charge in [0.15, 0.2) is 17.5 Å². The van der Waals surface area contributed by atoms with Crippen molar-refractivity contribution in [3.63, 3.8) is 0 Å². The largest absolute Gasteiger partial charge is 0.369 e. The number of nitrogens with zero attached hydrogens (tertiary/aromatic N) is 6. The lowest BCUT2D eigenvalue weighted by atomic mass is 10.1. The van der Waals surface area contributed by atoms with Gasteiger partial charge in [-0.1, -0.05) is 6.07 Å². The van der Waals surface area contributed by atoms with Gasteiger partial charge in [0.05, 0.1) is 5.69 Å². The summed E-state index contributed by atoms with van der Waals surface area (Å²) in [6, 6.07) is 9.86. The Kier molecular flexibility index (Phi) is 5.72. The van der Waals surface area contributed by atoms with Crippen LogP contribution in [0.3, 0.4) is 0 Å². The molecule has 0 spiro atoms. The van der Waals surface area contributed by atoms with Crippen LogP contribution in [0.5, 0.6) is 0 Å². The predicted molar refractivity (Wildman–Crippen MR) is 127 cm³/mol. The zero-order valence-corrected chi connectivity index (χ0v) is 18.6. The average molecular weight is 460 g/mol.